The molecule has 4 aliphatic rings. The van der Waals surface area contributed by atoms with Crippen LogP contribution in [0.5, 0.6) is 0 Å². The minimum atomic E-state index is -2.17. The predicted molar refractivity (Wildman–Crippen MR) is 124 cm³/mol. The Hall–Kier alpha value is 1.84. The van der Waals surface area contributed by atoms with Gasteiger partial charge in [0, 0.05) is 21.3 Å². The van der Waals surface area contributed by atoms with Crippen molar-refractivity contribution >= 4 is 57.8 Å². The predicted octanol–water partition coefficient (Wildman–Crippen LogP) is 6.21. The third-order valence-corrected chi connectivity index (χ3v) is 17.0. The molecule has 0 aromatic carbocycles. The number of hydrogen-bond donors (Lipinski definition) is 0. The molecular formula is C17H30O4P2S4. The highest BCUT2D eigenvalue weighted by molar-refractivity contribution is 8.68. The van der Waals surface area contributed by atoms with Crippen LogP contribution < -0.4 is 0 Å². The van der Waals surface area contributed by atoms with Crippen molar-refractivity contribution in [1.29, 1.82) is 0 Å². The van der Waals surface area contributed by atoms with E-state index in [4.69, 9.17) is 41.7 Å². The van der Waals surface area contributed by atoms with Gasteiger partial charge in [-0.05, 0) is 54.7 Å². The molecule has 2 saturated carbocycles. The summed E-state index contributed by atoms with van der Waals surface area (Å²) < 4.78 is 24.2. The SMILES string of the molecule is CC1(C)COP(=S)(SC2CC3CC2CC3SP2(=S)OCC(C)(C)CO2)OC1. The first-order valence-corrected chi connectivity index (χ1v) is 17.9. The van der Waals surface area contributed by atoms with Crippen molar-refractivity contribution in [3.05, 3.63) is 0 Å². The zero-order valence-corrected chi connectivity index (χ0v) is 21.5. The minimum absolute atomic E-state index is 0.0787. The molecule has 2 saturated heterocycles. The largest absolute Gasteiger partial charge is 0.321 e. The van der Waals surface area contributed by atoms with E-state index >= 15 is 0 Å². The summed E-state index contributed by atoms with van der Waals surface area (Å²) in [5.74, 6) is 1.39. The molecule has 0 spiro atoms. The van der Waals surface area contributed by atoms with E-state index in [1.54, 1.807) is 0 Å². The van der Waals surface area contributed by atoms with Crippen LogP contribution in [0.25, 0.3) is 0 Å². The molecule has 10 heteroatoms. The highest BCUT2D eigenvalue weighted by Crippen LogP contribution is 2.73. The standard InChI is InChI=1S/C17H30O4P2S4/c1-16(2)8-18-22(24,19-9-16)26-14-6-13-5-12(14)7-15(13)27-23(25)20-10-17(3,4)11-21-23/h12-15H,5-11H2,1-4H3. The summed E-state index contributed by atoms with van der Waals surface area (Å²) in [7, 11) is 0. The third-order valence-electron chi connectivity index (χ3n) is 5.71. The van der Waals surface area contributed by atoms with Crippen molar-refractivity contribution < 1.29 is 18.1 Å². The van der Waals surface area contributed by atoms with Crippen LogP contribution in [0.4, 0.5) is 0 Å². The fraction of sp³-hybridized carbons (Fsp3) is 1.00. The molecule has 4 atom stereocenters. The summed E-state index contributed by atoms with van der Waals surface area (Å²) >= 11 is 15.2. The lowest BCUT2D eigenvalue weighted by molar-refractivity contribution is 0.0670. The van der Waals surface area contributed by atoms with Gasteiger partial charge in [-0.2, -0.15) is 0 Å². The van der Waals surface area contributed by atoms with Gasteiger partial charge in [-0.15, -0.1) is 0 Å². The first kappa shape index (κ1) is 22.0. The highest BCUT2D eigenvalue weighted by atomic mass is 32.9. The fourth-order valence-electron chi connectivity index (χ4n) is 4.05. The summed E-state index contributed by atoms with van der Waals surface area (Å²) in [5, 5.41) is 1.15. The Bertz CT molecular complexity index is 602. The van der Waals surface area contributed by atoms with Gasteiger partial charge in [-0.25, -0.2) is 0 Å². The highest BCUT2D eigenvalue weighted by Gasteiger charge is 2.51. The van der Waals surface area contributed by atoms with Crippen molar-refractivity contribution in [2.24, 2.45) is 22.7 Å². The van der Waals surface area contributed by atoms with Crippen LogP contribution in [0, 0.1) is 22.7 Å². The molecule has 156 valence electrons. The zero-order chi connectivity index (χ0) is 19.5. The molecule has 4 unspecified atom stereocenters. The van der Waals surface area contributed by atoms with Crippen LogP contribution >= 0.6 is 34.2 Å². The average molecular weight is 489 g/mol. The van der Waals surface area contributed by atoms with Crippen molar-refractivity contribution in [2.75, 3.05) is 26.4 Å². The Balaban J connectivity index is 1.30. The minimum Gasteiger partial charge on any atom is -0.321 e. The second-order valence-electron chi connectivity index (χ2n) is 9.83. The van der Waals surface area contributed by atoms with E-state index in [1.165, 1.54) is 19.3 Å². The summed E-state index contributed by atoms with van der Waals surface area (Å²) in [5.41, 5.74) is -4.19. The normalized spacial score (nSPS) is 41.5. The molecule has 2 aliphatic heterocycles. The van der Waals surface area contributed by atoms with Gasteiger partial charge in [0.1, 0.15) is 0 Å². The first-order chi connectivity index (χ1) is 12.5. The van der Waals surface area contributed by atoms with Gasteiger partial charge in [-0.3, -0.25) is 0 Å². The van der Waals surface area contributed by atoms with E-state index in [1.807, 2.05) is 22.8 Å². The van der Waals surface area contributed by atoms with E-state index in [0.29, 0.717) is 48.8 Å². The van der Waals surface area contributed by atoms with Crippen molar-refractivity contribution in [2.45, 2.75) is 57.5 Å². The Kier molecular flexibility index (Phi) is 6.34. The molecule has 4 rings (SSSR count). The molecule has 0 aromatic rings. The van der Waals surface area contributed by atoms with Crippen molar-refractivity contribution in [3.63, 3.8) is 0 Å². The quantitative estimate of drug-likeness (QED) is 0.432. The van der Waals surface area contributed by atoms with E-state index in [-0.39, 0.29) is 10.8 Å². The molecule has 0 amide bonds. The van der Waals surface area contributed by atoms with Gasteiger partial charge in [0.2, 0.25) is 11.4 Å². The van der Waals surface area contributed by atoms with E-state index in [2.05, 4.69) is 27.7 Å². The van der Waals surface area contributed by atoms with Gasteiger partial charge in [-0.1, -0.05) is 50.5 Å². The first-order valence-electron chi connectivity index (χ1n) is 9.62. The van der Waals surface area contributed by atoms with Crippen LogP contribution in [0.1, 0.15) is 47.0 Å². The summed E-state index contributed by atoms with van der Waals surface area (Å²) in [6.07, 6.45) is 3.67. The maximum Gasteiger partial charge on any atom is 0.247 e. The van der Waals surface area contributed by atoms with Crippen molar-refractivity contribution in [1.82, 2.24) is 0 Å². The third kappa shape index (κ3) is 5.19. The van der Waals surface area contributed by atoms with Crippen LogP contribution in [0.2, 0.25) is 0 Å². The Morgan fingerprint density at radius 1 is 0.667 bits per heavy atom. The lowest BCUT2D eigenvalue weighted by Crippen LogP contribution is -2.30. The van der Waals surface area contributed by atoms with E-state index < -0.39 is 11.4 Å². The van der Waals surface area contributed by atoms with Gasteiger partial charge < -0.3 is 18.1 Å². The second-order valence-corrected chi connectivity index (χ2v) is 22.7. The molecule has 27 heavy (non-hydrogen) atoms. The summed E-state index contributed by atoms with van der Waals surface area (Å²) in [4.78, 5) is 0. The van der Waals surface area contributed by atoms with Crippen molar-refractivity contribution in [3.8, 4) is 0 Å². The summed E-state index contributed by atoms with van der Waals surface area (Å²) in [6, 6.07) is 0. The average Bonchev–Trinajstić information content (AvgIpc) is 3.14. The summed E-state index contributed by atoms with van der Waals surface area (Å²) in [6.45, 7) is 11.5. The number of hydrogen-bond acceptors (Lipinski definition) is 8. The monoisotopic (exact) mass is 488 g/mol. The Morgan fingerprint density at radius 3 is 1.30 bits per heavy atom. The molecule has 2 aliphatic carbocycles. The number of rotatable bonds is 4. The molecule has 0 radical (unpaired) electrons. The lowest BCUT2D eigenvalue weighted by Gasteiger charge is -2.39. The Morgan fingerprint density at radius 2 is 1.00 bits per heavy atom. The smallest absolute Gasteiger partial charge is 0.247 e. The van der Waals surface area contributed by atoms with Crippen LogP contribution in [-0.2, 0) is 41.7 Å². The Labute approximate surface area is 181 Å². The molecule has 0 aromatic heterocycles. The molecule has 4 nitrogen and oxygen atoms in total. The number of fused-ring (bicyclic) bond motifs is 2. The van der Waals surface area contributed by atoms with Gasteiger partial charge in [0.05, 0.1) is 26.4 Å². The zero-order valence-electron chi connectivity index (χ0n) is 16.4. The van der Waals surface area contributed by atoms with Crippen LogP contribution in [0.15, 0.2) is 0 Å². The lowest BCUT2D eigenvalue weighted by atomic mass is 9.97. The molecular weight excluding hydrogens is 458 g/mol. The van der Waals surface area contributed by atoms with E-state index in [0.717, 1.165) is 0 Å². The fourth-order valence-corrected chi connectivity index (χ4v) is 16.1. The molecule has 4 fully saturated rings. The molecule has 0 N–H and O–H groups in total. The van der Waals surface area contributed by atoms with Gasteiger partial charge >= 0.3 is 0 Å². The topological polar surface area (TPSA) is 36.9 Å². The second kappa shape index (κ2) is 7.76. The van der Waals surface area contributed by atoms with Crippen LogP contribution in [-0.4, -0.2) is 36.9 Å². The van der Waals surface area contributed by atoms with Gasteiger partial charge in [0.15, 0.2) is 0 Å². The van der Waals surface area contributed by atoms with Crippen LogP contribution in [0.3, 0.4) is 0 Å². The maximum absolute atomic E-state index is 6.04. The molecule has 2 bridgehead atoms. The van der Waals surface area contributed by atoms with E-state index in [9.17, 15) is 0 Å². The van der Waals surface area contributed by atoms with Gasteiger partial charge in [0.25, 0.3) is 0 Å². The molecule has 2 heterocycles. The maximum atomic E-state index is 6.04.